The summed E-state index contributed by atoms with van der Waals surface area (Å²) in [5.74, 6) is -0.481. The van der Waals surface area contributed by atoms with Gasteiger partial charge in [-0.25, -0.2) is 0 Å². The Kier molecular flexibility index (Phi) is 23.8. The summed E-state index contributed by atoms with van der Waals surface area (Å²) in [6, 6.07) is 19.1. The Morgan fingerprint density at radius 3 is 1.53 bits per heavy atom. The molecule has 0 atom stereocenters. The van der Waals surface area contributed by atoms with E-state index >= 15 is 0 Å². The molecular weight excluding hydrogens is 688 g/mol. The zero-order valence-corrected chi connectivity index (χ0v) is 29.8. The second-order valence-corrected chi connectivity index (χ2v) is 11.5. The maximum atomic E-state index is 11.8. The fraction of sp³-hybridized carbons (Fsp3) is 0.429. The number of aryl methyl sites for hydroxylation is 1. The lowest BCUT2D eigenvalue weighted by Crippen LogP contribution is -2.14. The molecule has 0 aliphatic carbocycles. The summed E-state index contributed by atoms with van der Waals surface area (Å²) >= 11 is 0. The molecule has 0 saturated heterocycles. The summed E-state index contributed by atoms with van der Waals surface area (Å²) in [6.45, 7) is 6.69. The van der Waals surface area contributed by atoms with Gasteiger partial charge in [0.05, 0.1) is 88.7 Å². The molecule has 0 aliphatic rings. The molecule has 0 fully saturated rings. The first-order valence-electron chi connectivity index (χ1n) is 15.6. The predicted octanol–water partition coefficient (Wildman–Crippen LogP) is 3.67. The van der Waals surface area contributed by atoms with E-state index in [0.29, 0.717) is 66.1 Å². The van der Waals surface area contributed by atoms with E-state index in [1.165, 1.54) is 36.4 Å². The number of hydrogen-bond acceptors (Lipinski definition) is 15. The Labute approximate surface area is 299 Å². The lowest BCUT2D eigenvalue weighted by atomic mass is 10.2. The Bertz CT molecular complexity index is 1570. The van der Waals surface area contributed by atoms with Crippen LogP contribution in [0.1, 0.15) is 16.7 Å². The monoisotopic (exact) mass is 734 g/mol. The minimum Gasteiger partial charge on any atom is -0.504 e. The van der Waals surface area contributed by atoms with Crippen molar-refractivity contribution < 1.29 is 61.1 Å². The van der Waals surface area contributed by atoms with Gasteiger partial charge in [0.15, 0.2) is 23.0 Å². The van der Waals surface area contributed by atoms with Gasteiger partial charge >= 0.3 is 0 Å². The zero-order valence-electron chi connectivity index (χ0n) is 29.0. The third-order valence-corrected chi connectivity index (χ3v) is 7.45. The van der Waals surface area contributed by atoms with E-state index in [9.17, 15) is 13.5 Å². The van der Waals surface area contributed by atoms with E-state index in [-0.39, 0.29) is 52.2 Å². The number of nitriles is 2. The zero-order chi connectivity index (χ0) is 37.7. The Balaban J connectivity index is 0.000000405. The van der Waals surface area contributed by atoms with Gasteiger partial charge in [0.2, 0.25) is 0 Å². The molecule has 0 unspecified atom stereocenters. The lowest BCUT2D eigenvalue weighted by molar-refractivity contribution is 0.0178. The van der Waals surface area contributed by atoms with Crippen molar-refractivity contribution in [3.63, 3.8) is 0 Å². The highest BCUT2D eigenvalue weighted by Gasteiger charge is 2.14. The molecule has 0 aromatic heterocycles. The highest BCUT2D eigenvalue weighted by atomic mass is 32.2. The first-order valence-corrected chi connectivity index (χ1v) is 17.0. The molecule has 0 heterocycles. The molecule has 0 amide bonds. The van der Waals surface area contributed by atoms with Gasteiger partial charge in [-0.3, -0.25) is 4.18 Å². The molecule has 3 aromatic rings. The molecule has 3 aromatic carbocycles. The van der Waals surface area contributed by atoms with E-state index in [2.05, 4.69) is 0 Å². The van der Waals surface area contributed by atoms with Crippen molar-refractivity contribution in [2.75, 3.05) is 93.5 Å². The predicted molar refractivity (Wildman–Crippen MR) is 184 cm³/mol. The van der Waals surface area contributed by atoms with Crippen LogP contribution in [0.15, 0.2) is 65.6 Å². The Morgan fingerprint density at radius 1 is 0.588 bits per heavy atom. The molecule has 0 saturated carbocycles. The van der Waals surface area contributed by atoms with Gasteiger partial charge in [0.1, 0.15) is 18.7 Å². The molecule has 280 valence electrons. The van der Waals surface area contributed by atoms with Crippen molar-refractivity contribution >= 4 is 10.1 Å². The largest absolute Gasteiger partial charge is 0.504 e. The smallest absolute Gasteiger partial charge is 0.297 e. The van der Waals surface area contributed by atoms with Gasteiger partial charge in [-0.1, -0.05) is 29.8 Å². The third-order valence-electron chi connectivity index (χ3n) is 6.12. The van der Waals surface area contributed by atoms with Crippen LogP contribution in [-0.4, -0.2) is 117 Å². The molecule has 51 heavy (non-hydrogen) atoms. The summed E-state index contributed by atoms with van der Waals surface area (Å²) in [6.07, 6.45) is 0. The fourth-order valence-electron chi connectivity index (χ4n) is 3.47. The van der Waals surface area contributed by atoms with Crippen LogP contribution in [-0.2, 0) is 42.7 Å². The molecule has 15 nitrogen and oxygen atoms in total. The van der Waals surface area contributed by atoms with E-state index in [0.717, 1.165) is 5.56 Å². The molecular formula is C35H46N2O13S. The highest BCUT2D eigenvalue weighted by Crippen LogP contribution is 2.29. The van der Waals surface area contributed by atoms with Crippen molar-refractivity contribution in [2.45, 2.75) is 11.8 Å². The first kappa shape index (κ1) is 44.5. The van der Waals surface area contributed by atoms with Gasteiger partial charge in [-0.2, -0.15) is 18.9 Å². The molecule has 0 aliphatic heterocycles. The molecule has 3 N–H and O–H groups in total. The number of hydrogen-bond donors (Lipinski definition) is 3. The lowest BCUT2D eigenvalue weighted by Gasteiger charge is -2.09. The maximum Gasteiger partial charge on any atom is 0.297 e. The second kappa shape index (κ2) is 27.3. The number of benzene rings is 3. The number of aromatic hydroxyl groups is 3. The van der Waals surface area contributed by atoms with Crippen LogP contribution in [0.4, 0.5) is 0 Å². The number of ether oxygens (including phenoxy) is 7. The number of phenolic OH excluding ortho intramolecular Hbond substituents is 3. The van der Waals surface area contributed by atoms with E-state index < -0.39 is 10.1 Å². The summed E-state index contributed by atoms with van der Waals surface area (Å²) in [7, 11) is -0.488. The van der Waals surface area contributed by atoms with Crippen molar-refractivity contribution in [1.29, 1.82) is 10.5 Å². The quantitative estimate of drug-likeness (QED) is 0.0808. The van der Waals surface area contributed by atoms with Crippen LogP contribution in [0.3, 0.4) is 0 Å². The van der Waals surface area contributed by atoms with Crippen LogP contribution >= 0.6 is 0 Å². The van der Waals surface area contributed by atoms with Crippen LogP contribution in [0, 0.1) is 29.6 Å². The van der Waals surface area contributed by atoms with Gasteiger partial charge in [-0.05, 0) is 43.3 Å². The Morgan fingerprint density at radius 2 is 1.04 bits per heavy atom. The van der Waals surface area contributed by atoms with Crippen molar-refractivity contribution in [3.05, 3.63) is 77.4 Å². The summed E-state index contributed by atoms with van der Waals surface area (Å²) in [5.41, 5.74) is 1.26. The number of phenols is 3. The van der Waals surface area contributed by atoms with Gasteiger partial charge < -0.3 is 48.5 Å². The second-order valence-electron chi connectivity index (χ2n) is 9.92. The van der Waals surface area contributed by atoms with E-state index in [4.69, 9.17) is 58.1 Å². The average Bonchev–Trinajstić information content (AvgIpc) is 3.12. The molecule has 0 bridgehead atoms. The SMILES string of the molecule is COCCOCCOCCOS(=O)(=O)c1ccc(C)cc1.COCCOCCOCCOc1cccc(C#N)c1O.N#Cc1cccc(O)c1O. The van der Waals surface area contributed by atoms with Crippen LogP contribution in [0.5, 0.6) is 23.0 Å². The van der Waals surface area contributed by atoms with Crippen molar-refractivity contribution in [1.82, 2.24) is 0 Å². The highest BCUT2D eigenvalue weighted by molar-refractivity contribution is 7.86. The minimum atomic E-state index is -3.71. The van der Waals surface area contributed by atoms with Crippen molar-refractivity contribution in [3.8, 4) is 35.1 Å². The van der Waals surface area contributed by atoms with Crippen LogP contribution in [0.25, 0.3) is 0 Å². The summed E-state index contributed by atoms with van der Waals surface area (Å²) < 4.78 is 64.5. The Hall–Kier alpha value is -4.49. The molecule has 0 spiro atoms. The van der Waals surface area contributed by atoms with Gasteiger partial charge in [0.25, 0.3) is 10.1 Å². The normalized spacial score (nSPS) is 10.5. The number of methoxy groups -OCH3 is 2. The average molecular weight is 735 g/mol. The van der Waals surface area contributed by atoms with Crippen LogP contribution < -0.4 is 4.74 Å². The molecule has 16 heteroatoms. The topological polar surface area (TPSA) is 216 Å². The maximum absolute atomic E-state index is 11.8. The van der Waals surface area contributed by atoms with Crippen LogP contribution in [0.2, 0.25) is 0 Å². The number of para-hydroxylation sites is 2. The van der Waals surface area contributed by atoms with Gasteiger partial charge in [-0.15, -0.1) is 0 Å². The first-order chi connectivity index (χ1) is 24.6. The fourth-order valence-corrected chi connectivity index (χ4v) is 4.36. The minimum absolute atomic E-state index is 0.0196. The summed E-state index contributed by atoms with van der Waals surface area (Å²) in [5, 5.41) is 44.5. The van der Waals surface area contributed by atoms with Gasteiger partial charge in [0, 0.05) is 14.2 Å². The van der Waals surface area contributed by atoms with E-state index in [1.54, 1.807) is 44.6 Å². The van der Waals surface area contributed by atoms with Crippen molar-refractivity contribution in [2.24, 2.45) is 0 Å². The molecule has 3 rings (SSSR count). The van der Waals surface area contributed by atoms with E-state index in [1.807, 2.05) is 13.0 Å². The molecule has 0 radical (unpaired) electrons. The standard InChI is InChI=1S/C14H19NO5.C14H22O6S.C7H5NO2/c1-17-5-6-18-7-8-19-9-10-20-13-4-2-3-12(11-15)14(13)16;1-13-3-5-14(6-4-13)21(15,16)20-12-11-19-10-9-18-8-7-17-2;8-4-5-2-1-3-6(9)7(5)10/h2-4,16H,5-10H2,1H3;3-6H,7-12H2,1-2H3;1-3,9-10H. The number of nitrogens with zero attached hydrogens (tertiary/aromatic N) is 2. The number of rotatable bonds is 21. The third kappa shape index (κ3) is 19.5. The summed E-state index contributed by atoms with van der Waals surface area (Å²) in [4.78, 5) is 0.149.